The van der Waals surface area contributed by atoms with Crippen LogP contribution < -0.4 is 10.1 Å². The van der Waals surface area contributed by atoms with Crippen molar-refractivity contribution in [2.45, 2.75) is 52.7 Å². The van der Waals surface area contributed by atoms with Crippen LogP contribution in [0.2, 0.25) is 0 Å². The van der Waals surface area contributed by atoms with Gasteiger partial charge in [-0.15, -0.1) is 0 Å². The molecule has 2 N–H and O–H groups in total. The van der Waals surface area contributed by atoms with Gasteiger partial charge >= 0.3 is 0 Å². The molecular weight excluding hydrogens is 240 g/mol. The number of rotatable bonds is 6. The molecule has 0 amide bonds. The van der Waals surface area contributed by atoms with Crippen LogP contribution in [0.3, 0.4) is 0 Å². The second-order valence-corrected chi connectivity index (χ2v) is 5.76. The average Bonchev–Trinajstić information content (AvgIpc) is 2.31. The van der Waals surface area contributed by atoms with E-state index in [2.05, 4.69) is 24.1 Å². The number of aromatic nitrogens is 1. The van der Waals surface area contributed by atoms with Crippen LogP contribution in [0.5, 0.6) is 5.75 Å². The van der Waals surface area contributed by atoms with Crippen LogP contribution in [0.1, 0.15) is 37.6 Å². The maximum atomic E-state index is 10.4. The van der Waals surface area contributed by atoms with E-state index in [-0.39, 0.29) is 0 Å². The Balaban J connectivity index is 2.87. The van der Waals surface area contributed by atoms with Crippen molar-refractivity contribution >= 4 is 0 Å². The summed E-state index contributed by atoms with van der Waals surface area (Å²) in [7, 11) is 1.66. The first-order valence-corrected chi connectivity index (χ1v) is 6.71. The molecule has 4 nitrogen and oxygen atoms in total. The highest BCUT2D eigenvalue weighted by Crippen LogP contribution is 2.26. The summed E-state index contributed by atoms with van der Waals surface area (Å²) in [5, 5.41) is 13.7. The molecule has 0 fully saturated rings. The fraction of sp³-hybridized carbons (Fsp3) is 0.667. The molecular formula is C15H26N2O2. The lowest BCUT2D eigenvalue weighted by molar-refractivity contribution is 0.0569. The van der Waals surface area contributed by atoms with E-state index in [4.69, 9.17) is 4.74 Å². The molecule has 0 aliphatic carbocycles. The first kappa shape index (κ1) is 15.9. The molecule has 19 heavy (non-hydrogen) atoms. The predicted molar refractivity (Wildman–Crippen MR) is 77.7 cm³/mol. The summed E-state index contributed by atoms with van der Waals surface area (Å²) in [4.78, 5) is 4.43. The lowest BCUT2D eigenvalue weighted by Crippen LogP contribution is -2.42. The van der Waals surface area contributed by atoms with E-state index < -0.39 is 5.60 Å². The molecule has 0 saturated carbocycles. The minimum atomic E-state index is -0.817. The highest BCUT2D eigenvalue weighted by atomic mass is 16.5. The summed E-state index contributed by atoms with van der Waals surface area (Å²) in [6.45, 7) is 10.5. The number of hydrogen-bond donors (Lipinski definition) is 2. The Morgan fingerprint density at radius 2 is 2.05 bits per heavy atom. The predicted octanol–water partition coefficient (Wildman–Crippen LogP) is 2.00. The molecule has 1 rings (SSSR count). The van der Waals surface area contributed by atoms with E-state index in [0.29, 0.717) is 19.0 Å². The van der Waals surface area contributed by atoms with Crippen molar-refractivity contribution in [1.82, 2.24) is 10.3 Å². The number of aliphatic hydroxyl groups is 1. The maximum Gasteiger partial charge on any atom is 0.128 e. The Bertz CT molecular complexity index is 428. The summed E-state index contributed by atoms with van der Waals surface area (Å²) < 4.78 is 5.39. The zero-order valence-corrected chi connectivity index (χ0v) is 12.9. The molecule has 108 valence electrons. The third-order valence-electron chi connectivity index (χ3n) is 3.19. The van der Waals surface area contributed by atoms with Crippen molar-refractivity contribution in [1.29, 1.82) is 0 Å². The maximum absolute atomic E-state index is 10.4. The van der Waals surface area contributed by atoms with Crippen molar-refractivity contribution in [3.8, 4) is 5.75 Å². The third kappa shape index (κ3) is 4.48. The van der Waals surface area contributed by atoms with Gasteiger partial charge in [0.15, 0.2) is 0 Å². The van der Waals surface area contributed by atoms with Crippen molar-refractivity contribution in [3.63, 3.8) is 0 Å². The van der Waals surface area contributed by atoms with Crippen LogP contribution in [-0.2, 0) is 6.42 Å². The fourth-order valence-electron chi connectivity index (χ4n) is 2.10. The number of pyridine rings is 1. The number of nitrogens with one attached hydrogen (secondary N) is 1. The highest BCUT2D eigenvalue weighted by molar-refractivity contribution is 5.41. The third-order valence-corrected chi connectivity index (χ3v) is 3.19. The monoisotopic (exact) mass is 266 g/mol. The Hall–Kier alpha value is -1.13. The van der Waals surface area contributed by atoms with Crippen LogP contribution in [-0.4, -0.2) is 35.4 Å². The molecule has 0 aliphatic rings. The fourth-order valence-corrected chi connectivity index (χ4v) is 2.10. The lowest BCUT2D eigenvalue weighted by Gasteiger charge is -2.26. The zero-order chi connectivity index (χ0) is 14.6. The number of ether oxygens (including phenoxy) is 1. The molecule has 0 radical (unpaired) electrons. The van der Waals surface area contributed by atoms with E-state index in [1.165, 1.54) is 0 Å². The Labute approximate surface area is 116 Å². The summed E-state index contributed by atoms with van der Waals surface area (Å²) in [6, 6.07) is 0.355. The van der Waals surface area contributed by atoms with Crippen LogP contribution in [0.25, 0.3) is 0 Å². The quantitative estimate of drug-likeness (QED) is 0.827. The van der Waals surface area contributed by atoms with Gasteiger partial charge in [-0.1, -0.05) is 13.8 Å². The van der Waals surface area contributed by atoms with Gasteiger partial charge in [-0.3, -0.25) is 4.98 Å². The van der Waals surface area contributed by atoms with Gasteiger partial charge in [0.05, 0.1) is 12.7 Å². The Morgan fingerprint density at radius 1 is 1.42 bits per heavy atom. The Kier molecular flexibility index (Phi) is 5.32. The molecule has 0 saturated heterocycles. The van der Waals surface area contributed by atoms with Crippen molar-refractivity contribution in [2.24, 2.45) is 0 Å². The van der Waals surface area contributed by atoms with Crippen molar-refractivity contribution in [3.05, 3.63) is 23.0 Å². The SMILES string of the molecule is COc1c(C)cnc(CC(C)(O)CNC(C)C)c1C. The number of nitrogens with zero attached hydrogens (tertiary/aromatic N) is 1. The minimum absolute atomic E-state index is 0.355. The topological polar surface area (TPSA) is 54.4 Å². The van der Waals surface area contributed by atoms with Gasteiger partial charge in [0, 0.05) is 42.0 Å². The van der Waals surface area contributed by atoms with Gasteiger partial charge in [0.2, 0.25) is 0 Å². The standard InChI is InChI=1S/C15H26N2O2/c1-10(2)17-9-15(5,18)7-13-12(4)14(19-6)11(3)8-16-13/h8,10,17-18H,7,9H2,1-6H3. The zero-order valence-electron chi connectivity index (χ0n) is 12.9. The second-order valence-electron chi connectivity index (χ2n) is 5.76. The van der Waals surface area contributed by atoms with E-state index in [1.807, 2.05) is 20.8 Å². The molecule has 0 spiro atoms. The van der Waals surface area contributed by atoms with Crippen molar-refractivity contribution < 1.29 is 9.84 Å². The molecule has 1 aromatic rings. The van der Waals surface area contributed by atoms with E-state index in [1.54, 1.807) is 13.3 Å². The van der Waals surface area contributed by atoms with Gasteiger partial charge in [-0.25, -0.2) is 0 Å². The Morgan fingerprint density at radius 3 is 2.58 bits per heavy atom. The van der Waals surface area contributed by atoms with Gasteiger partial charge in [-0.2, -0.15) is 0 Å². The molecule has 1 atom stereocenters. The van der Waals surface area contributed by atoms with Crippen LogP contribution >= 0.6 is 0 Å². The van der Waals surface area contributed by atoms with Crippen molar-refractivity contribution in [2.75, 3.05) is 13.7 Å². The smallest absolute Gasteiger partial charge is 0.128 e. The summed E-state index contributed by atoms with van der Waals surface area (Å²) in [5.41, 5.74) is 2.09. The molecule has 4 heteroatoms. The summed E-state index contributed by atoms with van der Waals surface area (Å²) in [6.07, 6.45) is 2.31. The number of methoxy groups -OCH3 is 1. The molecule has 0 aliphatic heterocycles. The summed E-state index contributed by atoms with van der Waals surface area (Å²) >= 11 is 0. The first-order chi connectivity index (χ1) is 8.76. The van der Waals surface area contributed by atoms with Gasteiger partial charge < -0.3 is 15.2 Å². The molecule has 0 aromatic carbocycles. The van der Waals surface area contributed by atoms with Gasteiger partial charge in [-0.05, 0) is 20.8 Å². The molecule has 1 heterocycles. The highest BCUT2D eigenvalue weighted by Gasteiger charge is 2.24. The molecule has 0 bridgehead atoms. The second kappa shape index (κ2) is 6.35. The van der Waals surface area contributed by atoms with Crippen LogP contribution in [0.4, 0.5) is 0 Å². The largest absolute Gasteiger partial charge is 0.496 e. The van der Waals surface area contributed by atoms with Crippen LogP contribution in [0.15, 0.2) is 6.20 Å². The summed E-state index contributed by atoms with van der Waals surface area (Å²) in [5.74, 6) is 0.859. The minimum Gasteiger partial charge on any atom is -0.496 e. The average molecular weight is 266 g/mol. The van der Waals surface area contributed by atoms with Gasteiger partial charge in [0.25, 0.3) is 0 Å². The van der Waals surface area contributed by atoms with E-state index in [9.17, 15) is 5.11 Å². The first-order valence-electron chi connectivity index (χ1n) is 6.71. The van der Waals surface area contributed by atoms with Crippen LogP contribution in [0, 0.1) is 13.8 Å². The van der Waals surface area contributed by atoms with Gasteiger partial charge in [0.1, 0.15) is 5.75 Å². The van der Waals surface area contributed by atoms with E-state index >= 15 is 0 Å². The lowest BCUT2D eigenvalue weighted by atomic mass is 9.96. The number of aryl methyl sites for hydroxylation is 1. The van der Waals surface area contributed by atoms with E-state index in [0.717, 1.165) is 22.6 Å². The normalized spacial score (nSPS) is 14.5. The molecule has 1 aromatic heterocycles. The molecule has 1 unspecified atom stereocenters. The number of hydrogen-bond acceptors (Lipinski definition) is 4.